The SMILES string of the molecule is CCCNC(c1ccc(OC)cc1Cl)C(C)S(C)(=O)=O. The average Bonchev–Trinajstić information content (AvgIpc) is 2.39. The van der Waals surface area contributed by atoms with Crippen LogP contribution in [0.5, 0.6) is 5.75 Å². The molecule has 0 spiro atoms. The minimum Gasteiger partial charge on any atom is -0.497 e. The molecular formula is C14H22ClNO3S. The molecule has 0 aromatic heterocycles. The Kier molecular flexibility index (Phi) is 6.30. The van der Waals surface area contributed by atoms with Gasteiger partial charge in [-0.1, -0.05) is 24.6 Å². The topological polar surface area (TPSA) is 55.4 Å². The van der Waals surface area contributed by atoms with Gasteiger partial charge in [-0.2, -0.15) is 0 Å². The van der Waals surface area contributed by atoms with Gasteiger partial charge in [-0.05, 0) is 37.6 Å². The predicted octanol–water partition coefficient (Wildman–Crippen LogP) is 2.82. The summed E-state index contributed by atoms with van der Waals surface area (Å²) in [5, 5.41) is 3.22. The van der Waals surface area contributed by atoms with Gasteiger partial charge < -0.3 is 10.1 Å². The molecule has 0 aliphatic carbocycles. The number of hydrogen-bond acceptors (Lipinski definition) is 4. The van der Waals surface area contributed by atoms with Gasteiger partial charge in [0.15, 0.2) is 9.84 Å². The summed E-state index contributed by atoms with van der Waals surface area (Å²) in [6.07, 6.45) is 2.16. The van der Waals surface area contributed by atoms with Crippen molar-refractivity contribution in [2.45, 2.75) is 31.6 Å². The largest absolute Gasteiger partial charge is 0.497 e. The Hall–Kier alpha value is -0.780. The van der Waals surface area contributed by atoms with Crippen LogP contribution in [0.2, 0.25) is 5.02 Å². The van der Waals surface area contributed by atoms with Crippen molar-refractivity contribution >= 4 is 21.4 Å². The molecule has 0 heterocycles. The second-order valence-corrected chi connectivity index (χ2v) is 7.66. The molecule has 6 heteroatoms. The van der Waals surface area contributed by atoms with E-state index in [2.05, 4.69) is 5.32 Å². The molecule has 1 rings (SSSR count). The van der Waals surface area contributed by atoms with Crippen LogP contribution in [0.1, 0.15) is 31.9 Å². The van der Waals surface area contributed by atoms with Gasteiger partial charge in [-0.15, -0.1) is 0 Å². The molecule has 0 saturated carbocycles. The van der Waals surface area contributed by atoms with Crippen LogP contribution in [0, 0.1) is 0 Å². The van der Waals surface area contributed by atoms with Crippen LogP contribution in [0.25, 0.3) is 0 Å². The number of ether oxygens (including phenoxy) is 1. The smallest absolute Gasteiger partial charge is 0.151 e. The summed E-state index contributed by atoms with van der Waals surface area (Å²) in [4.78, 5) is 0. The van der Waals surface area contributed by atoms with Gasteiger partial charge >= 0.3 is 0 Å². The van der Waals surface area contributed by atoms with Crippen LogP contribution < -0.4 is 10.1 Å². The van der Waals surface area contributed by atoms with E-state index in [1.165, 1.54) is 6.26 Å². The van der Waals surface area contributed by atoms with E-state index in [0.717, 1.165) is 18.5 Å². The quantitative estimate of drug-likeness (QED) is 0.839. The minimum atomic E-state index is -3.17. The third-order valence-electron chi connectivity index (χ3n) is 3.30. The van der Waals surface area contributed by atoms with E-state index in [-0.39, 0.29) is 6.04 Å². The van der Waals surface area contributed by atoms with Gasteiger partial charge in [0.2, 0.25) is 0 Å². The molecule has 0 aliphatic heterocycles. The first kappa shape index (κ1) is 17.3. The predicted molar refractivity (Wildman–Crippen MR) is 83.3 cm³/mol. The fourth-order valence-corrected chi connectivity index (χ4v) is 2.99. The normalized spacial score (nSPS) is 14.8. The molecule has 4 nitrogen and oxygen atoms in total. The number of halogens is 1. The fourth-order valence-electron chi connectivity index (χ4n) is 1.96. The second-order valence-electron chi connectivity index (χ2n) is 4.85. The monoisotopic (exact) mass is 319 g/mol. The lowest BCUT2D eigenvalue weighted by molar-refractivity contribution is 0.414. The third kappa shape index (κ3) is 4.36. The van der Waals surface area contributed by atoms with E-state index in [0.29, 0.717) is 10.8 Å². The Morgan fingerprint density at radius 2 is 2.05 bits per heavy atom. The highest BCUT2D eigenvalue weighted by atomic mass is 35.5. The maximum absolute atomic E-state index is 11.8. The van der Waals surface area contributed by atoms with Gasteiger partial charge in [-0.25, -0.2) is 8.42 Å². The maximum atomic E-state index is 11.8. The highest BCUT2D eigenvalue weighted by Crippen LogP contribution is 2.31. The van der Waals surface area contributed by atoms with Crippen molar-refractivity contribution < 1.29 is 13.2 Å². The van der Waals surface area contributed by atoms with E-state index >= 15 is 0 Å². The second kappa shape index (κ2) is 7.29. The number of benzene rings is 1. The zero-order chi connectivity index (χ0) is 15.3. The van der Waals surface area contributed by atoms with Crippen molar-refractivity contribution in [3.63, 3.8) is 0 Å². The maximum Gasteiger partial charge on any atom is 0.151 e. The first-order valence-electron chi connectivity index (χ1n) is 6.57. The van der Waals surface area contributed by atoms with Crippen molar-refractivity contribution in [3.05, 3.63) is 28.8 Å². The average molecular weight is 320 g/mol. The van der Waals surface area contributed by atoms with Gasteiger partial charge in [0.05, 0.1) is 18.4 Å². The third-order valence-corrected chi connectivity index (χ3v) is 5.25. The van der Waals surface area contributed by atoms with Gasteiger partial charge in [0, 0.05) is 11.3 Å². The summed E-state index contributed by atoms with van der Waals surface area (Å²) in [5.74, 6) is 0.653. The lowest BCUT2D eigenvalue weighted by atomic mass is 10.0. The molecule has 2 unspecified atom stereocenters. The summed E-state index contributed by atoms with van der Waals surface area (Å²) in [7, 11) is -1.60. The van der Waals surface area contributed by atoms with Crippen LogP contribution in [0.4, 0.5) is 0 Å². The Balaban J connectivity index is 3.17. The van der Waals surface area contributed by atoms with Crippen molar-refractivity contribution in [1.29, 1.82) is 0 Å². The van der Waals surface area contributed by atoms with Crippen LogP contribution in [0.3, 0.4) is 0 Å². The molecule has 1 aromatic rings. The lowest BCUT2D eigenvalue weighted by Gasteiger charge is -2.25. The zero-order valence-corrected chi connectivity index (χ0v) is 13.9. The number of methoxy groups -OCH3 is 1. The molecule has 20 heavy (non-hydrogen) atoms. The molecule has 1 N–H and O–H groups in total. The van der Waals surface area contributed by atoms with Gasteiger partial charge in [0.1, 0.15) is 5.75 Å². The van der Waals surface area contributed by atoms with Crippen LogP contribution >= 0.6 is 11.6 Å². The molecule has 2 atom stereocenters. The molecule has 1 aromatic carbocycles. The van der Waals surface area contributed by atoms with Crippen molar-refractivity contribution in [2.75, 3.05) is 19.9 Å². The number of hydrogen-bond donors (Lipinski definition) is 1. The van der Waals surface area contributed by atoms with Crippen LogP contribution in [-0.2, 0) is 9.84 Å². The summed E-state index contributed by atoms with van der Waals surface area (Å²) >= 11 is 6.26. The molecule has 0 radical (unpaired) electrons. The van der Waals surface area contributed by atoms with Crippen molar-refractivity contribution in [2.24, 2.45) is 0 Å². The Bertz CT molecular complexity index is 545. The molecule has 0 amide bonds. The molecule has 0 saturated heterocycles. The van der Waals surface area contributed by atoms with Crippen molar-refractivity contribution in [1.82, 2.24) is 5.32 Å². The van der Waals surface area contributed by atoms with Gasteiger partial charge in [0.25, 0.3) is 0 Å². The zero-order valence-electron chi connectivity index (χ0n) is 12.3. The Morgan fingerprint density at radius 3 is 2.50 bits per heavy atom. The van der Waals surface area contributed by atoms with Gasteiger partial charge in [-0.3, -0.25) is 0 Å². The van der Waals surface area contributed by atoms with E-state index in [1.807, 2.05) is 13.0 Å². The molecule has 0 fully saturated rings. The number of nitrogens with one attached hydrogen (secondary N) is 1. The Morgan fingerprint density at radius 1 is 1.40 bits per heavy atom. The summed E-state index contributed by atoms with van der Waals surface area (Å²) < 4.78 is 28.8. The van der Waals surface area contributed by atoms with E-state index in [1.54, 1.807) is 26.2 Å². The van der Waals surface area contributed by atoms with E-state index in [9.17, 15) is 8.42 Å². The molecular weight excluding hydrogens is 298 g/mol. The lowest BCUT2D eigenvalue weighted by Crippen LogP contribution is -2.35. The number of sulfone groups is 1. The summed E-state index contributed by atoms with van der Waals surface area (Å²) in [5.41, 5.74) is 0.777. The highest BCUT2D eigenvalue weighted by Gasteiger charge is 2.28. The standard InChI is InChI=1S/C14H22ClNO3S/c1-5-8-16-14(10(2)20(4,17)18)12-7-6-11(19-3)9-13(12)15/h6-7,9-10,14,16H,5,8H2,1-4H3. The first-order chi connectivity index (χ1) is 9.31. The van der Waals surface area contributed by atoms with Crippen LogP contribution in [0.15, 0.2) is 18.2 Å². The summed E-state index contributed by atoms with van der Waals surface area (Å²) in [6, 6.07) is 4.97. The first-order valence-corrected chi connectivity index (χ1v) is 8.90. The molecule has 114 valence electrons. The number of rotatable bonds is 7. The molecule has 0 aliphatic rings. The van der Waals surface area contributed by atoms with Crippen LogP contribution in [-0.4, -0.2) is 33.6 Å². The Labute approximate surface area is 126 Å². The summed E-state index contributed by atoms with van der Waals surface area (Å²) in [6.45, 7) is 4.46. The molecule has 0 bridgehead atoms. The van der Waals surface area contributed by atoms with Crippen molar-refractivity contribution in [3.8, 4) is 5.75 Å². The minimum absolute atomic E-state index is 0.330. The fraction of sp³-hybridized carbons (Fsp3) is 0.571. The van der Waals surface area contributed by atoms with E-state index < -0.39 is 15.1 Å². The van der Waals surface area contributed by atoms with E-state index in [4.69, 9.17) is 16.3 Å². The highest BCUT2D eigenvalue weighted by molar-refractivity contribution is 7.91.